The van der Waals surface area contributed by atoms with E-state index in [9.17, 15) is 0 Å². The van der Waals surface area contributed by atoms with Crippen LogP contribution in [0.1, 0.15) is 5.56 Å². The fourth-order valence-corrected chi connectivity index (χ4v) is 2.02. The molecule has 3 nitrogen and oxygen atoms in total. The van der Waals surface area contributed by atoms with Gasteiger partial charge in [0.25, 0.3) is 0 Å². The quantitative estimate of drug-likeness (QED) is 0.676. The third-order valence-corrected chi connectivity index (χ3v) is 2.75. The minimum atomic E-state index is 0.836. The minimum Gasteiger partial charge on any atom is -0.338 e. The average Bonchev–Trinajstić information content (AvgIpc) is 2.59. The molecule has 0 saturated carbocycles. The van der Waals surface area contributed by atoms with Gasteiger partial charge in [-0.05, 0) is 23.9 Å². The Morgan fingerprint density at radius 2 is 2.42 bits per heavy atom. The van der Waals surface area contributed by atoms with E-state index in [2.05, 4.69) is 18.0 Å². The summed E-state index contributed by atoms with van der Waals surface area (Å²) in [6.45, 7) is 2.06. The third kappa shape index (κ3) is 1.00. The van der Waals surface area contributed by atoms with E-state index in [0.29, 0.717) is 0 Å². The number of aryl methyl sites for hydroxylation is 1. The van der Waals surface area contributed by atoms with Gasteiger partial charge in [0.05, 0.1) is 4.88 Å². The molecular formula is C8H9N3S. The Balaban J connectivity index is 2.57. The Hall–Kier alpha value is -1.29. The second kappa shape index (κ2) is 2.64. The normalized spacial score (nSPS) is 10.4. The van der Waals surface area contributed by atoms with Gasteiger partial charge in [0.1, 0.15) is 0 Å². The molecule has 0 radical (unpaired) electrons. The first-order valence-electron chi connectivity index (χ1n) is 3.62. The smallest absolute Gasteiger partial charge is 0.168 e. The van der Waals surface area contributed by atoms with Crippen LogP contribution in [0.3, 0.4) is 0 Å². The van der Waals surface area contributed by atoms with E-state index in [1.165, 1.54) is 5.56 Å². The highest BCUT2D eigenvalue weighted by molar-refractivity contribution is 7.13. The van der Waals surface area contributed by atoms with Crippen LogP contribution in [0.15, 0.2) is 23.8 Å². The molecule has 0 atom stereocenters. The second-order valence-corrected chi connectivity index (χ2v) is 3.51. The summed E-state index contributed by atoms with van der Waals surface area (Å²) in [6, 6.07) is 2.06. The molecule has 2 aromatic heterocycles. The molecule has 4 heteroatoms. The number of nitrogens with two attached hydrogens (primary N) is 1. The molecule has 2 aromatic rings. The van der Waals surface area contributed by atoms with Gasteiger partial charge in [-0.2, -0.15) is 0 Å². The third-order valence-electron chi connectivity index (χ3n) is 1.73. The molecule has 0 aliphatic heterocycles. The largest absolute Gasteiger partial charge is 0.338 e. The number of aromatic nitrogens is 2. The maximum absolute atomic E-state index is 5.66. The van der Waals surface area contributed by atoms with Crippen LogP contribution in [0, 0.1) is 6.92 Å². The Morgan fingerprint density at radius 1 is 1.58 bits per heavy atom. The molecule has 2 N–H and O–H groups in total. The summed E-state index contributed by atoms with van der Waals surface area (Å²) in [5.41, 5.74) is 1.22. The van der Waals surface area contributed by atoms with E-state index >= 15 is 0 Å². The van der Waals surface area contributed by atoms with E-state index in [0.717, 1.165) is 10.7 Å². The second-order valence-electron chi connectivity index (χ2n) is 2.59. The van der Waals surface area contributed by atoms with Crippen LogP contribution >= 0.6 is 11.3 Å². The van der Waals surface area contributed by atoms with Crippen LogP contribution in [0.4, 0.5) is 0 Å². The lowest BCUT2D eigenvalue weighted by molar-refractivity contribution is 1.01. The lowest BCUT2D eigenvalue weighted by Crippen LogP contribution is -2.07. The van der Waals surface area contributed by atoms with Crippen molar-refractivity contribution in [2.75, 3.05) is 5.84 Å². The van der Waals surface area contributed by atoms with Crippen LogP contribution in [0.2, 0.25) is 0 Å². The van der Waals surface area contributed by atoms with Gasteiger partial charge in [-0.3, -0.25) is 0 Å². The van der Waals surface area contributed by atoms with Crippen LogP contribution in [0.5, 0.6) is 0 Å². The Morgan fingerprint density at radius 3 is 2.92 bits per heavy atom. The predicted molar refractivity (Wildman–Crippen MR) is 50.4 cm³/mol. The van der Waals surface area contributed by atoms with Crippen molar-refractivity contribution >= 4 is 11.3 Å². The first kappa shape index (κ1) is 7.36. The zero-order valence-electron chi connectivity index (χ0n) is 6.69. The number of hydrogen-bond donors (Lipinski definition) is 1. The van der Waals surface area contributed by atoms with Crippen LogP contribution in [-0.2, 0) is 0 Å². The molecule has 0 unspecified atom stereocenters. The molecular weight excluding hydrogens is 170 g/mol. The van der Waals surface area contributed by atoms with Gasteiger partial charge in [0, 0.05) is 12.4 Å². The van der Waals surface area contributed by atoms with E-state index in [4.69, 9.17) is 5.84 Å². The summed E-state index contributed by atoms with van der Waals surface area (Å²) in [5, 5.41) is 2.04. The zero-order valence-corrected chi connectivity index (χ0v) is 7.51. The molecule has 0 aromatic carbocycles. The highest BCUT2D eigenvalue weighted by Crippen LogP contribution is 2.26. The van der Waals surface area contributed by atoms with Crippen LogP contribution in [-0.4, -0.2) is 9.66 Å². The molecule has 0 aliphatic carbocycles. The van der Waals surface area contributed by atoms with Gasteiger partial charge in [0.2, 0.25) is 0 Å². The van der Waals surface area contributed by atoms with Crippen molar-refractivity contribution in [2.24, 2.45) is 0 Å². The van der Waals surface area contributed by atoms with E-state index in [1.54, 1.807) is 28.4 Å². The summed E-state index contributed by atoms with van der Waals surface area (Å²) < 4.78 is 1.54. The number of nitrogen functional groups attached to an aromatic ring is 1. The van der Waals surface area contributed by atoms with Crippen LogP contribution in [0.25, 0.3) is 10.7 Å². The molecule has 0 fully saturated rings. The fraction of sp³-hybridized carbons (Fsp3) is 0.125. The minimum absolute atomic E-state index is 0.836. The van der Waals surface area contributed by atoms with Crippen molar-refractivity contribution in [1.82, 2.24) is 9.66 Å². The number of imidazole rings is 1. The number of nitrogens with zero attached hydrogens (tertiary/aromatic N) is 2. The molecule has 2 rings (SSSR count). The molecule has 12 heavy (non-hydrogen) atoms. The first-order chi connectivity index (χ1) is 5.79. The molecule has 0 bridgehead atoms. The van der Waals surface area contributed by atoms with Gasteiger partial charge in [-0.25, -0.2) is 9.66 Å². The predicted octanol–water partition coefficient (Wildman–Crippen LogP) is 1.63. The van der Waals surface area contributed by atoms with Crippen molar-refractivity contribution in [3.8, 4) is 10.7 Å². The van der Waals surface area contributed by atoms with E-state index in [-0.39, 0.29) is 0 Å². The summed E-state index contributed by atoms with van der Waals surface area (Å²) in [6.07, 6.45) is 3.45. The van der Waals surface area contributed by atoms with Crippen molar-refractivity contribution < 1.29 is 0 Å². The summed E-state index contributed by atoms with van der Waals surface area (Å²) in [7, 11) is 0. The fourth-order valence-electron chi connectivity index (χ4n) is 1.09. The Bertz CT molecular complexity index is 350. The first-order valence-corrected chi connectivity index (χ1v) is 4.50. The highest BCUT2D eigenvalue weighted by atomic mass is 32.1. The average molecular weight is 179 g/mol. The van der Waals surface area contributed by atoms with Crippen molar-refractivity contribution in [2.45, 2.75) is 6.92 Å². The van der Waals surface area contributed by atoms with Gasteiger partial charge in [0.15, 0.2) is 5.82 Å². The molecule has 0 amide bonds. The summed E-state index contributed by atoms with van der Waals surface area (Å²) >= 11 is 1.66. The number of rotatable bonds is 1. The van der Waals surface area contributed by atoms with Crippen molar-refractivity contribution in [3.05, 3.63) is 29.4 Å². The maximum Gasteiger partial charge on any atom is 0.168 e. The molecule has 0 saturated heterocycles. The molecule has 62 valence electrons. The summed E-state index contributed by atoms with van der Waals surface area (Å²) in [4.78, 5) is 5.31. The van der Waals surface area contributed by atoms with Crippen molar-refractivity contribution in [1.29, 1.82) is 0 Å². The number of thiophene rings is 1. The lowest BCUT2D eigenvalue weighted by Gasteiger charge is -1.98. The molecule has 2 heterocycles. The van der Waals surface area contributed by atoms with Crippen molar-refractivity contribution in [3.63, 3.8) is 0 Å². The topological polar surface area (TPSA) is 43.8 Å². The summed E-state index contributed by atoms with van der Waals surface area (Å²) in [5.74, 6) is 6.50. The van der Waals surface area contributed by atoms with Gasteiger partial charge < -0.3 is 5.84 Å². The van der Waals surface area contributed by atoms with Gasteiger partial charge >= 0.3 is 0 Å². The van der Waals surface area contributed by atoms with E-state index in [1.807, 2.05) is 5.38 Å². The standard InChI is InChI=1S/C8H9N3S/c1-6-2-5-12-7(6)8-10-3-4-11(8)9/h2-5H,9H2,1H3. The van der Waals surface area contributed by atoms with Gasteiger partial charge in [-0.1, -0.05) is 0 Å². The molecule has 0 aliphatic rings. The highest BCUT2D eigenvalue weighted by Gasteiger charge is 2.07. The maximum atomic E-state index is 5.66. The van der Waals surface area contributed by atoms with Gasteiger partial charge in [-0.15, -0.1) is 11.3 Å². The number of hydrogen-bond acceptors (Lipinski definition) is 3. The Labute approximate surface area is 74.4 Å². The zero-order chi connectivity index (χ0) is 8.55. The van der Waals surface area contributed by atoms with Crippen LogP contribution < -0.4 is 5.84 Å². The monoisotopic (exact) mass is 179 g/mol. The van der Waals surface area contributed by atoms with E-state index < -0.39 is 0 Å². The SMILES string of the molecule is Cc1ccsc1-c1nccn1N. The molecule has 0 spiro atoms. The lowest BCUT2D eigenvalue weighted by atomic mass is 10.3. The Kier molecular flexibility index (Phi) is 1.62.